The van der Waals surface area contributed by atoms with E-state index in [0.29, 0.717) is 5.92 Å². The first-order chi connectivity index (χ1) is 8.08. The summed E-state index contributed by atoms with van der Waals surface area (Å²) in [6, 6.07) is 3.99. The molecule has 17 heavy (non-hydrogen) atoms. The van der Waals surface area contributed by atoms with Crippen molar-refractivity contribution in [3.8, 4) is 5.75 Å². The first kappa shape index (κ1) is 14.7. The highest BCUT2D eigenvalue weighted by Crippen LogP contribution is 2.26. The molecule has 0 aliphatic heterocycles. The SMILES string of the molecule is CCCC(CS)COc1cc(C)c(Cl)c(C)c1. The van der Waals surface area contributed by atoms with Crippen molar-refractivity contribution in [2.75, 3.05) is 12.4 Å². The zero-order chi connectivity index (χ0) is 12.8. The van der Waals surface area contributed by atoms with E-state index in [9.17, 15) is 0 Å². The van der Waals surface area contributed by atoms with Crippen LogP contribution in [-0.4, -0.2) is 12.4 Å². The molecule has 0 amide bonds. The van der Waals surface area contributed by atoms with Gasteiger partial charge in [-0.2, -0.15) is 12.6 Å². The summed E-state index contributed by atoms with van der Waals surface area (Å²) in [4.78, 5) is 0. The first-order valence-electron chi connectivity index (χ1n) is 6.08. The Morgan fingerprint density at radius 3 is 2.35 bits per heavy atom. The molecule has 0 N–H and O–H groups in total. The molecule has 0 saturated carbocycles. The van der Waals surface area contributed by atoms with E-state index >= 15 is 0 Å². The summed E-state index contributed by atoms with van der Waals surface area (Å²) in [6.07, 6.45) is 2.34. The van der Waals surface area contributed by atoms with Crippen LogP contribution in [-0.2, 0) is 0 Å². The average molecular weight is 273 g/mol. The predicted octanol–water partition coefficient (Wildman–Crippen LogP) is 4.68. The van der Waals surface area contributed by atoms with Gasteiger partial charge in [0, 0.05) is 10.9 Å². The van der Waals surface area contributed by atoms with Crippen molar-refractivity contribution in [2.24, 2.45) is 5.92 Å². The summed E-state index contributed by atoms with van der Waals surface area (Å²) in [6.45, 7) is 6.93. The topological polar surface area (TPSA) is 9.23 Å². The number of hydrogen-bond donors (Lipinski definition) is 1. The van der Waals surface area contributed by atoms with Gasteiger partial charge in [0.25, 0.3) is 0 Å². The maximum absolute atomic E-state index is 6.12. The van der Waals surface area contributed by atoms with Crippen LogP contribution in [0.3, 0.4) is 0 Å². The lowest BCUT2D eigenvalue weighted by molar-refractivity contribution is 0.254. The van der Waals surface area contributed by atoms with E-state index in [1.54, 1.807) is 0 Å². The second kappa shape index (κ2) is 7.17. The third-order valence-corrected chi connectivity index (χ3v) is 3.96. The Morgan fingerprint density at radius 1 is 1.29 bits per heavy atom. The van der Waals surface area contributed by atoms with Crippen molar-refractivity contribution in [2.45, 2.75) is 33.6 Å². The van der Waals surface area contributed by atoms with E-state index in [2.05, 4.69) is 19.6 Å². The fraction of sp³-hybridized carbons (Fsp3) is 0.571. The minimum Gasteiger partial charge on any atom is -0.493 e. The molecule has 1 rings (SSSR count). The highest BCUT2D eigenvalue weighted by molar-refractivity contribution is 7.80. The van der Waals surface area contributed by atoms with E-state index < -0.39 is 0 Å². The molecular weight excluding hydrogens is 252 g/mol. The smallest absolute Gasteiger partial charge is 0.119 e. The van der Waals surface area contributed by atoms with Gasteiger partial charge in [0.1, 0.15) is 5.75 Å². The predicted molar refractivity (Wildman–Crippen MR) is 78.7 cm³/mol. The summed E-state index contributed by atoms with van der Waals surface area (Å²) in [5.41, 5.74) is 2.14. The second-order valence-electron chi connectivity index (χ2n) is 4.52. The molecule has 0 bridgehead atoms. The summed E-state index contributed by atoms with van der Waals surface area (Å²) in [7, 11) is 0. The summed E-state index contributed by atoms with van der Waals surface area (Å²) in [5, 5.41) is 0.830. The van der Waals surface area contributed by atoms with Gasteiger partial charge < -0.3 is 4.74 Å². The zero-order valence-corrected chi connectivity index (χ0v) is 12.4. The molecule has 0 saturated heterocycles. The Kier molecular flexibility index (Phi) is 6.21. The largest absolute Gasteiger partial charge is 0.493 e. The maximum Gasteiger partial charge on any atom is 0.119 e. The maximum atomic E-state index is 6.12. The van der Waals surface area contributed by atoms with Gasteiger partial charge in [-0.05, 0) is 49.3 Å². The third kappa shape index (κ3) is 4.44. The quantitative estimate of drug-likeness (QED) is 0.740. The Bertz CT molecular complexity index is 342. The number of ether oxygens (including phenoxy) is 1. The summed E-state index contributed by atoms with van der Waals surface area (Å²) in [5.74, 6) is 2.31. The van der Waals surface area contributed by atoms with Crippen molar-refractivity contribution in [3.05, 3.63) is 28.3 Å². The first-order valence-corrected chi connectivity index (χ1v) is 7.09. The van der Waals surface area contributed by atoms with Crippen LogP contribution >= 0.6 is 24.2 Å². The van der Waals surface area contributed by atoms with Gasteiger partial charge in [0.2, 0.25) is 0 Å². The number of benzene rings is 1. The van der Waals surface area contributed by atoms with Gasteiger partial charge >= 0.3 is 0 Å². The van der Waals surface area contributed by atoms with E-state index in [1.807, 2.05) is 26.0 Å². The molecule has 0 aromatic heterocycles. The minimum absolute atomic E-state index is 0.527. The number of thiol groups is 1. The van der Waals surface area contributed by atoms with Crippen LogP contribution in [0.25, 0.3) is 0 Å². The highest BCUT2D eigenvalue weighted by Gasteiger charge is 2.08. The van der Waals surface area contributed by atoms with Crippen LogP contribution < -0.4 is 4.74 Å². The lowest BCUT2D eigenvalue weighted by Crippen LogP contribution is -2.13. The van der Waals surface area contributed by atoms with Crippen LogP contribution in [0.1, 0.15) is 30.9 Å². The molecule has 0 aliphatic carbocycles. The van der Waals surface area contributed by atoms with Gasteiger partial charge in [-0.3, -0.25) is 0 Å². The molecule has 1 aromatic carbocycles. The van der Waals surface area contributed by atoms with Crippen molar-refractivity contribution < 1.29 is 4.74 Å². The Hall–Kier alpha value is -0.340. The number of rotatable bonds is 6. The van der Waals surface area contributed by atoms with Crippen LogP contribution in [0.2, 0.25) is 5.02 Å². The van der Waals surface area contributed by atoms with E-state index in [1.165, 1.54) is 6.42 Å². The molecule has 96 valence electrons. The fourth-order valence-electron chi connectivity index (χ4n) is 1.84. The van der Waals surface area contributed by atoms with Crippen LogP contribution in [0.5, 0.6) is 5.75 Å². The standard InChI is InChI=1S/C14H21ClOS/c1-4-5-12(9-17)8-16-13-6-10(2)14(15)11(3)7-13/h6-7,12,17H,4-5,8-9H2,1-3H3. The van der Waals surface area contributed by atoms with Crippen LogP contribution in [0.4, 0.5) is 0 Å². The normalized spacial score (nSPS) is 12.5. The fourth-order valence-corrected chi connectivity index (χ4v) is 2.24. The Balaban J connectivity index is 2.63. The van der Waals surface area contributed by atoms with E-state index in [0.717, 1.165) is 40.7 Å². The molecule has 3 heteroatoms. The lowest BCUT2D eigenvalue weighted by Gasteiger charge is -2.15. The monoisotopic (exact) mass is 272 g/mol. The van der Waals surface area contributed by atoms with Crippen LogP contribution in [0.15, 0.2) is 12.1 Å². The van der Waals surface area contributed by atoms with Gasteiger partial charge in [0.05, 0.1) is 6.61 Å². The molecule has 1 atom stereocenters. The summed E-state index contributed by atoms with van der Waals surface area (Å²) >= 11 is 10.5. The van der Waals surface area contributed by atoms with Gasteiger partial charge in [-0.1, -0.05) is 24.9 Å². The lowest BCUT2D eigenvalue weighted by atomic mass is 10.1. The van der Waals surface area contributed by atoms with Crippen molar-refractivity contribution in [1.82, 2.24) is 0 Å². The van der Waals surface area contributed by atoms with Crippen molar-refractivity contribution in [1.29, 1.82) is 0 Å². The Labute approximate surface area is 115 Å². The molecular formula is C14H21ClOS. The molecule has 0 spiro atoms. The van der Waals surface area contributed by atoms with Gasteiger partial charge in [-0.15, -0.1) is 0 Å². The van der Waals surface area contributed by atoms with Crippen molar-refractivity contribution >= 4 is 24.2 Å². The minimum atomic E-state index is 0.527. The number of hydrogen-bond acceptors (Lipinski definition) is 2. The van der Waals surface area contributed by atoms with E-state index in [4.69, 9.17) is 16.3 Å². The molecule has 1 unspecified atom stereocenters. The molecule has 0 aliphatic rings. The molecule has 1 nitrogen and oxygen atoms in total. The zero-order valence-electron chi connectivity index (χ0n) is 10.8. The van der Waals surface area contributed by atoms with Gasteiger partial charge in [0.15, 0.2) is 0 Å². The summed E-state index contributed by atoms with van der Waals surface area (Å²) < 4.78 is 5.82. The van der Waals surface area contributed by atoms with Crippen molar-refractivity contribution in [3.63, 3.8) is 0 Å². The Morgan fingerprint density at radius 2 is 1.88 bits per heavy atom. The molecule has 0 heterocycles. The van der Waals surface area contributed by atoms with E-state index in [-0.39, 0.29) is 0 Å². The molecule has 1 aromatic rings. The molecule has 0 radical (unpaired) electrons. The van der Waals surface area contributed by atoms with Crippen LogP contribution in [0, 0.1) is 19.8 Å². The second-order valence-corrected chi connectivity index (χ2v) is 5.26. The number of halogens is 1. The molecule has 0 fully saturated rings. The van der Waals surface area contributed by atoms with Gasteiger partial charge in [-0.25, -0.2) is 0 Å². The average Bonchev–Trinajstić information content (AvgIpc) is 2.31. The highest BCUT2D eigenvalue weighted by atomic mass is 35.5. The third-order valence-electron chi connectivity index (χ3n) is 2.85. The number of aryl methyl sites for hydroxylation is 2.